The van der Waals surface area contributed by atoms with Gasteiger partial charge in [-0.25, -0.2) is 13.2 Å². The number of amides is 1. The van der Waals surface area contributed by atoms with Crippen molar-refractivity contribution in [2.45, 2.75) is 24.7 Å². The van der Waals surface area contributed by atoms with Crippen LogP contribution in [0.25, 0.3) is 10.1 Å². The molecule has 3 aromatic rings. The van der Waals surface area contributed by atoms with Crippen LogP contribution in [0.2, 0.25) is 0 Å². The number of sulfonamides is 1. The van der Waals surface area contributed by atoms with Gasteiger partial charge in [0.15, 0.2) is 0 Å². The minimum Gasteiger partial charge on any atom is -0.462 e. The smallest absolute Gasteiger partial charge is 0.348 e. The Morgan fingerprint density at radius 1 is 1.15 bits per heavy atom. The molecule has 4 rings (SSSR count). The fourth-order valence-corrected chi connectivity index (χ4v) is 6.28. The summed E-state index contributed by atoms with van der Waals surface area (Å²) < 4.78 is 33.1. The molecule has 8 nitrogen and oxygen atoms in total. The standard InChI is InChI=1S/C24H23N3O5S2/c1-2-32-24(29)22-14-18-13-19(5-8-21(18)33-22)26-23(28)17-9-11-27(12-10-17)34(30,31)20-6-3-16(15-25)4-7-20/h3-8,13-14,17H,2,9-12H2,1H3,(H,26,28). The number of piperidine rings is 1. The Morgan fingerprint density at radius 3 is 2.50 bits per heavy atom. The summed E-state index contributed by atoms with van der Waals surface area (Å²) in [6.45, 7) is 2.55. The summed E-state index contributed by atoms with van der Waals surface area (Å²) in [6.07, 6.45) is 0.824. The third-order valence-electron chi connectivity index (χ3n) is 5.71. The number of rotatable bonds is 6. The first-order valence-electron chi connectivity index (χ1n) is 10.8. The van der Waals surface area contributed by atoms with E-state index in [0.717, 1.165) is 10.1 Å². The largest absolute Gasteiger partial charge is 0.462 e. The first-order chi connectivity index (χ1) is 16.3. The molecule has 2 aromatic carbocycles. The Labute approximate surface area is 201 Å². The number of nitriles is 1. The normalized spacial score (nSPS) is 15.1. The minimum absolute atomic E-state index is 0.139. The highest BCUT2D eigenvalue weighted by atomic mass is 32.2. The van der Waals surface area contributed by atoms with Crippen molar-refractivity contribution >= 4 is 49.0 Å². The highest BCUT2D eigenvalue weighted by Crippen LogP contribution is 2.30. The number of benzene rings is 2. The number of hydrogen-bond acceptors (Lipinski definition) is 7. The van der Waals surface area contributed by atoms with Crippen molar-refractivity contribution in [2.75, 3.05) is 25.0 Å². The predicted molar refractivity (Wildman–Crippen MR) is 129 cm³/mol. The molecule has 1 fully saturated rings. The van der Waals surface area contributed by atoms with Gasteiger partial charge in [0.25, 0.3) is 0 Å². The Hall–Kier alpha value is -3.26. The predicted octanol–water partition coefficient (Wildman–Crippen LogP) is 3.99. The van der Waals surface area contributed by atoms with E-state index in [9.17, 15) is 18.0 Å². The topological polar surface area (TPSA) is 117 Å². The van der Waals surface area contributed by atoms with Gasteiger partial charge in [-0.2, -0.15) is 9.57 Å². The van der Waals surface area contributed by atoms with Crippen LogP contribution >= 0.6 is 11.3 Å². The Morgan fingerprint density at radius 2 is 1.85 bits per heavy atom. The maximum Gasteiger partial charge on any atom is 0.348 e. The summed E-state index contributed by atoms with van der Waals surface area (Å²) in [4.78, 5) is 25.4. The fraction of sp³-hybridized carbons (Fsp3) is 0.292. The number of carbonyl (C=O) groups is 2. The number of fused-ring (bicyclic) bond motifs is 1. The lowest BCUT2D eigenvalue weighted by Gasteiger charge is -2.30. The van der Waals surface area contributed by atoms with E-state index < -0.39 is 10.0 Å². The molecule has 1 amide bonds. The monoisotopic (exact) mass is 497 g/mol. The van der Waals surface area contributed by atoms with E-state index >= 15 is 0 Å². The lowest BCUT2D eigenvalue weighted by Crippen LogP contribution is -2.41. The molecule has 176 valence electrons. The van der Waals surface area contributed by atoms with E-state index in [1.54, 1.807) is 19.1 Å². The van der Waals surface area contributed by atoms with Gasteiger partial charge in [0.05, 0.1) is 23.1 Å². The van der Waals surface area contributed by atoms with Gasteiger partial charge in [0, 0.05) is 29.4 Å². The van der Waals surface area contributed by atoms with Gasteiger partial charge in [-0.1, -0.05) is 0 Å². The number of nitrogens with zero attached hydrogens (tertiary/aromatic N) is 2. The molecular formula is C24H23N3O5S2. The van der Waals surface area contributed by atoms with Crippen LogP contribution in [0.5, 0.6) is 0 Å². The van der Waals surface area contributed by atoms with Crippen LogP contribution in [-0.2, 0) is 19.6 Å². The Kier molecular flexibility index (Phi) is 6.97. The van der Waals surface area contributed by atoms with Crippen molar-refractivity contribution < 1.29 is 22.7 Å². The van der Waals surface area contributed by atoms with Gasteiger partial charge in [-0.3, -0.25) is 4.79 Å². The van der Waals surface area contributed by atoms with Crippen LogP contribution in [0.15, 0.2) is 53.4 Å². The molecule has 1 aromatic heterocycles. The molecule has 2 heterocycles. The second-order valence-electron chi connectivity index (χ2n) is 7.89. The number of ether oxygens (including phenoxy) is 1. The summed E-state index contributed by atoms with van der Waals surface area (Å²) in [5.74, 6) is -0.826. The Bertz CT molecular complexity index is 1370. The maximum atomic E-state index is 12.9. The number of thiophene rings is 1. The molecule has 0 saturated carbocycles. The molecule has 0 atom stereocenters. The summed E-state index contributed by atoms with van der Waals surface area (Å²) >= 11 is 1.34. The number of nitrogens with one attached hydrogen (secondary N) is 1. The van der Waals surface area contributed by atoms with Gasteiger partial charge >= 0.3 is 5.97 Å². The van der Waals surface area contributed by atoms with E-state index in [2.05, 4.69) is 5.32 Å². The van der Waals surface area contributed by atoms with Crippen molar-refractivity contribution in [1.82, 2.24) is 4.31 Å². The number of hydrogen-bond donors (Lipinski definition) is 1. The molecule has 34 heavy (non-hydrogen) atoms. The molecule has 1 saturated heterocycles. The lowest BCUT2D eigenvalue weighted by molar-refractivity contribution is -0.120. The third-order valence-corrected chi connectivity index (χ3v) is 8.72. The zero-order valence-corrected chi connectivity index (χ0v) is 20.1. The van der Waals surface area contributed by atoms with Crippen LogP contribution in [0, 0.1) is 17.2 Å². The molecule has 10 heteroatoms. The second-order valence-corrected chi connectivity index (χ2v) is 10.9. The molecule has 0 unspecified atom stereocenters. The SMILES string of the molecule is CCOC(=O)c1cc2cc(NC(=O)C3CCN(S(=O)(=O)c4ccc(C#N)cc4)CC3)ccc2s1. The zero-order chi connectivity index (χ0) is 24.3. The molecule has 0 radical (unpaired) electrons. The molecular weight excluding hydrogens is 474 g/mol. The highest BCUT2D eigenvalue weighted by molar-refractivity contribution is 7.89. The van der Waals surface area contributed by atoms with Crippen molar-refractivity contribution in [3.05, 3.63) is 59.0 Å². The molecule has 1 N–H and O–H groups in total. The first kappa shape index (κ1) is 23.9. The minimum atomic E-state index is -3.67. The van der Waals surface area contributed by atoms with Crippen LogP contribution in [0.4, 0.5) is 5.69 Å². The summed E-state index contributed by atoms with van der Waals surface area (Å²) in [7, 11) is -3.67. The van der Waals surface area contributed by atoms with E-state index in [0.29, 0.717) is 35.6 Å². The summed E-state index contributed by atoms with van der Waals surface area (Å²) in [6, 6.07) is 15.0. The zero-order valence-electron chi connectivity index (χ0n) is 18.5. The first-order valence-corrected chi connectivity index (χ1v) is 13.1. The van der Waals surface area contributed by atoms with E-state index in [4.69, 9.17) is 10.00 Å². The highest BCUT2D eigenvalue weighted by Gasteiger charge is 2.32. The number of esters is 1. The van der Waals surface area contributed by atoms with Gasteiger partial charge in [0.1, 0.15) is 4.88 Å². The average Bonchev–Trinajstić information content (AvgIpc) is 3.28. The van der Waals surface area contributed by atoms with E-state index in [1.165, 1.54) is 39.9 Å². The molecule has 0 aliphatic carbocycles. The van der Waals surface area contributed by atoms with Crippen LogP contribution in [0.1, 0.15) is 35.0 Å². The van der Waals surface area contributed by atoms with E-state index in [1.807, 2.05) is 18.2 Å². The van der Waals surface area contributed by atoms with E-state index in [-0.39, 0.29) is 35.8 Å². The van der Waals surface area contributed by atoms with Crippen molar-refractivity contribution in [3.8, 4) is 6.07 Å². The Balaban J connectivity index is 1.38. The number of anilines is 1. The van der Waals surface area contributed by atoms with Crippen LogP contribution in [-0.4, -0.2) is 44.3 Å². The average molecular weight is 498 g/mol. The molecule has 1 aliphatic rings. The third kappa shape index (κ3) is 4.97. The fourth-order valence-electron chi connectivity index (χ4n) is 3.88. The lowest BCUT2D eigenvalue weighted by atomic mass is 9.97. The molecule has 0 spiro atoms. The van der Waals surface area contributed by atoms with Crippen LogP contribution in [0.3, 0.4) is 0 Å². The summed E-state index contributed by atoms with van der Waals surface area (Å²) in [5, 5.41) is 12.7. The van der Waals surface area contributed by atoms with Gasteiger partial charge < -0.3 is 10.1 Å². The van der Waals surface area contributed by atoms with Crippen LogP contribution < -0.4 is 5.32 Å². The van der Waals surface area contributed by atoms with Crippen molar-refractivity contribution in [1.29, 1.82) is 5.26 Å². The molecule has 1 aliphatic heterocycles. The van der Waals surface area contributed by atoms with Crippen molar-refractivity contribution in [3.63, 3.8) is 0 Å². The quantitative estimate of drug-likeness (QED) is 0.515. The van der Waals surface area contributed by atoms with Crippen molar-refractivity contribution in [2.24, 2.45) is 5.92 Å². The number of carbonyl (C=O) groups excluding carboxylic acids is 2. The second kappa shape index (κ2) is 9.93. The summed E-state index contributed by atoms with van der Waals surface area (Å²) in [5.41, 5.74) is 1.02. The van der Waals surface area contributed by atoms with Gasteiger partial charge in [-0.05, 0) is 73.7 Å². The van der Waals surface area contributed by atoms with Gasteiger partial charge in [0.2, 0.25) is 15.9 Å². The van der Waals surface area contributed by atoms with Gasteiger partial charge in [-0.15, -0.1) is 11.3 Å². The molecule has 0 bridgehead atoms. The maximum absolute atomic E-state index is 12.9.